The van der Waals surface area contributed by atoms with Gasteiger partial charge in [0.25, 0.3) is 0 Å². The highest BCUT2D eigenvalue weighted by Gasteiger charge is 2.20. The average Bonchev–Trinajstić information content (AvgIpc) is 2.63. The fourth-order valence-corrected chi connectivity index (χ4v) is 2.69. The molecule has 0 aromatic heterocycles. The lowest BCUT2D eigenvalue weighted by Crippen LogP contribution is -2.19. The molecule has 0 saturated carbocycles. The molecule has 5 heteroatoms. The van der Waals surface area contributed by atoms with Crippen LogP contribution in [0.3, 0.4) is 0 Å². The maximum atomic E-state index is 11.8. The first-order chi connectivity index (χ1) is 10.6. The van der Waals surface area contributed by atoms with E-state index in [1.165, 1.54) is 7.11 Å². The Hall–Kier alpha value is -2.69. The first kappa shape index (κ1) is 14.3. The van der Waals surface area contributed by atoms with Crippen LogP contribution in [0.25, 0.3) is 11.1 Å². The minimum atomic E-state index is -0.00604. The zero-order valence-electron chi connectivity index (χ0n) is 12.5. The van der Waals surface area contributed by atoms with Crippen LogP contribution in [0.5, 0.6) is 11.5 Å². The Morgan fingerprint density at radius 2 is 2.09 bits per heavy atom. The molecule has 1 aliphatic heterocycles. The molecule has 22 heavy (non-hydrogen) atoms. The predicted octanol–water partition coefficient (Wildman–Crippen LogP) is 3.21. The number of rotatable bonds is 2. The van der Waals surface area contributed by atoms with Crippen LogP contribution in [0.2, 0.25) is 0 Å². The molecule has 114 valence electrons. The number of para-hydroxylation sites is 1. The first-order valence-corrected chi connectivity index (χ1v) is 7.15. The van der Waals surface area contributed by atoms with E-state index in [0.29, 0.717) is 12.2 Å². The number of hydrogen-bond donors (Lipinski definition) is 3. The summed E-state index contributed by atoms with van der Waals surface area (Å²) in [6, 6.07) is 11.0. The molecule has 3 rings (SSSR count). The van der Waals surface area contributed by atoms with Gasteiger partial charge < -0.3 is 20.5 Å². The van der Waals surface area contributed by atoms with Crippen LogP contribution < -0.4 is 15.4 Å². The monoisotopic (exact) mass is 298 g/mol. The van der Waals surface area contributed by atoms with Crippen molar-refractivity contribution in [3.63, 3.8) is 0 Å². The van der Waals surface area contributed by atoms with Gasteiger partial charge in [-0.05, 0) is 30.7 Å². The van der Waals surface area contributed by atoms with E-state index in [1.807, 2.05) is 31.2 Å². The van der Waals surface area contributed by atoms with Gasteiger partial charge >= 0.3 is 0 Å². The number of phenols is 1. The van der Waals surface area contributed by atoms with Gasteiger partial charge in [0.15, 0.2) is 11.5 Å². The Morgan fingerprint density at radius 3 is 2.82 bits per heavy atom. The van der Waals surface area contributed by atoms with Crippen molar-refractivity contribution in [1.29, 1.82) is 0 Å². The van der Waals surface area contributed by atoms with E-state index in [1.54, 1.807) is 12.1 Å². The standard InChI is InChI=1S/C17H18N2O3/c1-10-8-16(21)19-13-5-3-4-12(17(13)18-10)11-6-7-15(22-2)14(20)9-11/h3-7,9-10,18,20H,8H2,1-2H3,(H,19,21)/t10-/m1/s1. The number of phenolic OH excluding ortho intramolecular Hbond substituents is 1. The fraction of sp³-hybridized carbons (Fsp3) is 0.235. The predicted molar refractivity (Wildman–Crippen MR) is 86.4 cm³/mol. The van der Waals surface area contributed by atoms with Crippen LogP contribution in [0.1, 0.15) is 13.3 Å². The van der Waals surface area contributed by atoms with Gasteiger partial charge in [-0.1, -0.05) is 18.2 Å². The van der Waals surface area contributed by atoms with Gasteiger partial charge in [-0.3, -0.25) is 4.79 Å². The number of methoxy groups -OCH3 is 1. The molecule has 2 aromatic rings. The number of anilines is 2. The second kappa shape index (κ2) is 5.60. The molecular weight excluding hydrogens is 280 g/mol. The third kappa shape index (κ3) is 2.57. The highest BCUT2D eigenvalue weighted by atomic mass is 16.5. The molecule has 1 amide bonds. The molecule has 0 bridgehead atoms. The SMILES string of the molecule is COc1ccc(-c2cccc3c2N[C@H](C)CC(=O)N3)cc1O. The van der Waals surface area contributed by atoms with Crippen molar-refractivity contribution in [2.75, 3.05) is 17.7 Å². The molecule has 0 aliphatic carbocycles. The number of hydrogen-bond acceptors (Lipinski definition) is 4. The number of ether oxygens (including phenoxy) is 1. The number of amides is 1. The van der Waals surface area contributed by atoms with Gasteiger partial charge in [0.2, 0.25) is 5.91 Å². The summed E-state index contributed by atoms with van der Waals surface area (Å²) >= 11 is 0. The Morgan fingerprint density at radius 1 is 1.27 bits per heavy atom. The number of benzene rings is 2. The summed E-state index contributed by atoms with van der Waals surface area (Å²) in [7, 11) is 1.52. The van der Waals surface area contributed by atoms with E-state index in [9.17, 15) is 9.90 Å². The highest BCUT2D eigenvalue weighted by Crippen LogP contribution is 2.39. The van der Waals surface area contributed by atoms with Gasteiger partial charge in [0, 0.05) is 18.0 Å². The summed E-state index contributed by atoms with van der Waals surface area (Å²) in [4.78, 5) is 11.8. The van der Waals surface area contributed by atoms with E-state index < -0.39 is 0 Å². The Balaban J connectivity index is 2.11. The number of nitrogens with one attached hydrogen (secondary N) is 2. The van der Waals surface area contributed by atoms with Crippen LogP contribution in [-0.2, 0) is 4.79 Å². The Labute approximate surface area is 128 Å². The molecule has 2 aromatic carbocycles. The lowest BCUT2D eigenvalue weighted by Gasteiger charge is -2.17. The molecular formula is C17H18N2O3. The molecule has 1 heterocycles. The molecule has 5 nitrogen and oxygen atoms in total. The van der Waals surface area contributed by atoms with Gasteiger partial charge in [-0.15, -0.1) is 0 Å². The summed E-state index contributed by atoms with van der Waals surface area (Å²) in [6.07, 6.45) is 0.419. The molecule has 0 fully saturated rings. The van der Waals surface area contributed by atoms with E-state index >= 15 is 0 Å². The third-order valence-corrected chi connectivity index (χ3v) is 3.71. The Bertz CT molecular complexity index is 728. The molecule has 0 radical (unpaired) electrons. The summed E-state index contributed by atoms with van der Waals surface area (Å²) in [5.41, 5.74) is 3.39. The lowest BCUT2D eigenvalue weighted by atomic mass is 10.0. The van der Waals surface area contributed by atoms with Crippen molar-refractivity contribution in [1.82, 2.24) is 0 Å². The molecule has 1 aliphatic rings. The molecule has 0 spiro atoms. The topological polar surface area (TPSA) is 70.6 Å². The van der Waals surface area contributed by atoms with Crippen molar-refractivity contribution < 1.29 is 14.6 Å². The summed E-state index contributed by atoms with van der Waals surface area (Å²) in [5, 5.41) is 16.3. The van der Waals surface area contributed by atoms with Crippen molar-refractivity contribution in [2.24, 2.45) is 0 Å². The third-order valence-electron chi connectivity index (χ3n) is 3.71. The number of carbonyl (C=O) groups excluding carboxylic acids is 1. The van der Waals surface area contributed by atoms with Crippen LogP contribution in [-0.4, -0.2) is 24.2 Å². The lowest BCUT2D eigenvalue weighted by molar-refractivity contribution is -0.116. The molecule has 0 unspecified atom stereocenters. The van der Waals surface area contributed by atoms with Crippen LogP contribution in [0, 0.1) is 0 Å². The van der Waals surface area contributed by atoms with E-state index in [-0.39, 0.29) is 17.7 Å². The smallest absolute Gasteiger partial charge is 0.226 e. The quantitative estimate of drug-likeness (QED) is 0.796. The zero-order valence-corrected chi connectivity index (χ0v) is 12.5. The van der Waals surface area contributed by atoms with Crippen LogP contribution in [0.15, 0.2) is 36.4 Å². The second-order valence-corrected chi connectivity index (χ2v) is 5.41. The van der Waals surface area contributed by atoms with Gasteiger partial charge in [-0.2, -0.15) is 0 Å². The Kier molecular flexibility index (Phi) is 3.63. The number of carbonyl (C=O) groups is 1. The normalized spacial score (nSPS) is 17.0. The van der Waals surface area contributed by atoms with Crippen LogP contribution in [0.4, 0.5) is 11.4 Å². The van der Waals surface area contributed by atoms with Crippen molar-refractivity contribution in [3.8, 4) is 22.6 Å². The minimum Gasteiger partial charge on any atom is -0.504 e. The largest absolute Gasteiger partial charge is 0.504 e. The number of aromatic hydroxyl groups is 1. The van der Waals surface area contributed by atoms with Gasteiger partial charge in [0.1, 0.15) is 0 Å². The highest BCUT2D eigenvalue weighted by molar-refractivity contribution is 6.00. The second-order valence-electron chi connectivity index (χ2n) is 5.41. The maximum Gasteiger partial charge on any atom is 0.226 e. The number of fused-ring (bicyclic) bond motifs is 1. The van der Waals surface area contributed by atoms with Gasteiger partial charge in [0.05, 0.1) is 18.5 Å². The van der Waals surface area contributed by atoms with E-state index in [2.05, 4.69) is 10.6 Å². The molecule has 0 saturated heterocycles. The molecule has 1 atom stereocenters. The van der Waals surface area contributed by atoms with Crippen molar-refractivity contribution in [3.05, 3.63) is 36.4 Å². The summed E-state index contributed by atoms with van der Waals surface area (Å²) in [5.74, 6) is 0.511. The summed E-state index contributed by atoms with van der Waals surface area (Å²) < 4.78 is 5.08. The zero-order chi connectivity index (χ0) is 15.7. The minimum absolute atomic E-state index is 0.00604. The summed E-state index contributed by atoms with van der Waals surface area (Å²) in [6.45, 7) is 1.97. The fourth-order valence-electron chi connectivity index (χ4n) is 2.69. The average molecular weight is 298 g/mol. The first-order valence-electron chi connectivity index (χ1n) is 7.15. The van der Waals surface area contributed by atoms with Crippen LogP contribution >= 0.6 is 0 Å². The van der Waals surface area contributed by atoms with E-state index in [0.717, 1.165) is 22.5 Å². The van der Waals surface area contributed by atoms with Crippen molar-refractivity contribution >= 4 is 17.3 Å². The van der Waals surface area contributed by atoms with E-state index in [4.69, 9.17) is 4.74 Å². The maximum absolute atomic E-state index is 11.8. The van der Waals surface area contributed by atoms with Crippen molar-refractivity contribution in [2.45, 2.75) is 19.4 Å². The molecule has 3 N–H and O–H groups in total. The van der Waals surface area contributed by atoms with Gasteiger partial charge in [-0.25, -0.2) is 0 Å².